The maximum absolute atomic E-state index is 10.8. The van der Waals surface area contributed by atoms with E-state index in [1.165, 1.54) is 11.8 Å². The molecule has 0 spiro atoms. The van der Waals surface area contributed by atoms with Gasteiger partial charge in [-0.15, -0.1) is 24.8 Å². The second-order valence-electron chi connectivity index (χ2n) is 8.92. The van der Waals surface area contributed by atoms with E-state index in [9.17, 15) is 10.2 Å². The molecule has 0 radical (unpaired) electrons. The van der Waals surface area contributed by atoms with Crippen LogP contribution in [0.25, 0.3) is 0 Å². The average Bonchev–Trinajstić information content (AvgIpc) is 2.43. The van der Waals surface area contributed by atoms with Crippen molar-refractivity contribution in [2.24, 2.45) is 0 Å². The van der Waals surface area contributed by atoms with Gasteiger partial charge in [-0.2, -0.15) is 0 Å². The summed E-state index contributed by atoms with van der Waals surface area (Å²) in [6.45, 7) is 16.6. The van der Waals surface area contributed by atoms with Crippen molar-refractivity contribution in [3.63, 3.8) is 0 Å². The molecule has 0 aliphatic carbocycles. The molecular formula is C22H32Cl2O2STi. The van der Waals surface area contributed by atoms with Crippen LogP contribution >= 0.6 is 36.6 Å². The number of hydrogen-bond donors (Lipinski definition) is 2. The first-order valence-corrected chi connectivity index (χ1v) is 9.48. The topological polar surface area (TPSA) is 40.5 Å². The number of aryl methyl sites for hydroxylation is 2. The predicted molar refractivity (Wildman–Crippen MR) is 122 cm³/mol. The summed E-state index contributed by atoms with van der Waals surface area (Å²) < 4.78 is 0. The minimum Gasteiger partial charge on any atom is -0.506 e. The summed E-state index contributed by atoms with van der Waals surface area (Å²) in [5.41, 5.74) is 3.78. The molecule has 0 bridgehead atoms. The Morgan fingerprint density at radius 3 is 1.18 bits per heavy atom. The van der Waals surface area contributed by atoms with E-state index in [1.807, 2.05) is 38.1 Å². The maximum Gasteiger partial charge on any atom is 0.133 e. The molecule has 2 rings (SSSR count). The van der Waals surface area contributed by atoms with Gasteiger partial charge in [-0.1, -0.05) is 65.4 Å². The summed E-state index contributed by atoms with van der Waals surface area (Å²) in [4.78, 5) is 1.57. The number of halogens is 2. The summed E-state index contributed by atoms with van der Waals surface area (Å²) in [6, 6.07) is 8.04. The van der Waals surface area contributed by atoms with Crippen molar-refractivity contribution < 1.29 is 31.9 Å². The first kappa shape index (κ1) is 29.9. The van der Waals surface area contributed by atoms with Crippen LogP contribution < -0.4 is 0 Å². The Kier molecular flexibility index (Phi) is 11.3. The number of phenolic OH excluding ortho intramolecular Hbond substituents is 2. The van der Waals surface area contributed by atoms with Gasteiger partial charge in [-0.3, -0.25) is 0 Å². The zero-order valence-electron chi connectivity index (χ0n) is 17.9. The first-order valence-electron chi connectivity index (χ1n) is 8.66. The molecule has 2 nitrogen and oxygen atoms in total. The standard InChI is InChI=1S/C22H30O2S.2ClH.Ti/c1-13-9-15(21(3,4)5)19(23)17(11-13)25-18-12-14(2)10-16(20(18)24)22(6,7)8;;;/h9-12,23-24H,1-8H3;2*1H;. The van der Waals surface area contributed by atoms with Gasteiger partial charge < -0.3 is 10.2 Å². The van der Waals surface area contributed by atoms with E-state index in [0.29, 0.717) is 11.5 Å². The minimum atomic E-state index is -0.142. The molecule has 2 aromatic carbocycles. The van der Waals surface area contributed by atoms with Crippen LogP contribution in [-0.2, 0) is 32.5 Å². The monoisotopic (exact) mass is 478 g/mol. The molecule has 28 heavy (non-hydrogen) atoms. The fourth-order valence-electron chi connectivity index (χ4n) is 2.91. The fraction of sp³-hybridized carbons (Fsp3) is 0.455. The van der Waals surface area contributed by atoms with Crippen LogP contribution in [0.4, 0.5) is 0 Å². The Bertz CT molecular complexity index is 742. The second-order valence-corrected chi connectivity index (χ2v) is 10.0. The van der Waals surface area contributed by atoms with E-state index in [0.717, 1.165) is 32.0 Å². The van der Waals surface area contributed by atoms with Crippen molar-refractivity contribution in [2.45, 2.75) is 76.0 Å². The summed E-state index contributed by atoms with van der Waals surface area (Å²) in [6.07, 6.45) is 0. The van der Waals surface area contributed by atoms with E-state index < -0.39 is 0 Å². The molecule has 0 heterocycles. The zero-order chi connectivity index (χ0) is 19.2. The van der Waals surface area contributed by atoms with Gasteiger partial charge in [-0.25, -0.2) is 0 Å². The van der Waals surface area contributed by atoms with Gasteiger partial charge in [-0.05, 0) is 47.9 Å². The summed E-state index contributed by atoms with van der Waals surface area (Å²) in [5, 5.41) is 21.6. The van der Waals surface area contributed by atoms with Gasteiger partial charge in [0.15, 0.2) is 0 Å². The fourth-order valence-corrected chi connectivity index (χ4v) is 4.05. The van der Waals surface area contributed by atoms with Gasteiger partial charge in [0, 0.05) is 32.8 Å². The summed E-state index contributed by atoms with van der Waals surface area (Å²) in [5.74, 6) is 0.614. The van der Waals surface area contributed by atoms with Crippen molar-refractivity contribution >= 4 is 36.6 Å². The van der Waals surface area contributed by atoms with Gasteiger partial charge >= 0.3 is 0 Å². The predicted octanol–water partition coefficient (Wildman–Crippen LogP) is 7.30. The molecular weight excluding hydrogens is 447 g/mol. The number of rotatable bonds is 2. The molecule has 0 aliphatic heterocycles. The van der Waals surface area contributed by atoms with E-state index in [2.05, 4.69) is 41.5 Å². The molecule has 0 fully saturated rings. The van der Waals surface area contributed by atoms with Gasteiger partial charge in [0.25, 0.3) is 0 Å². The van der Waals surface area contributed by atoms with Crippen molar-refractivity contribution in [1.82, 2.24) is 0 Å². The largest absolute Gasteiger partial charge is 0.506 e. The number of hydrogen-bond acceptors (Lipinski definition) is 3. The van der Waals surface area contributed by atoms with Crippen LogP contribution in [0.5, 0.6) is 11.5 Å². The number of aromatic hydroxyl groups is 2. The molecule has 6 heteroatoms. The molecule has 0 atom stereocenters. The Hall–Kier alpha value is -0.316. The molecule has 0 saturated heterocycles. The molecule has 2 aromatic rings. The number of benzene rings is 2. The van der Waals surface area contributed by atoms with Crippen molar-refractivity contribution in [2.75, 3.05) is 0 Å². The van der Waals surface area contributed by atoms with Crippen molar-refractivity contribution in [3.8, 4) is 11.5 Å². The van der Waals surface area contributed by atoms with Crippen LogP contribution in [0.1, 0.15) is 63.8 Å². The van der Waals surface area contributed by atoms with Gasteiger partial charge in [0.05, 0.1) is 9.79 Å². The third kappa shape index (κ3) is 6.88. The van der Waals surface area contributed by atoms with Crippen LogP contribution in [0, 0.1) is 13.8 Å². The minimum absolute atomic E-state index is 0. The second kappa shape index (κ2) is 10.6. The Morgan fingerprint density at radius 1 is 0.643 bits per heavy atom. The van der Waals surface area contributed by atoms with Crippen molar-refractivity contribution in [3.05, 3.63) is 46.5 Å². The molecule has 156 valence electrons. The van der Waals surface area contributed by atoms with Crippen LogP contribution in [-0.4, -0.2) is 10.2 Å². The smallest absolute Gasteiger partial charge is 0.133 e. The van der Waals surface area contributed by atoms with E-state index in [-0.39, 0.29) is 57.4 Å². The normalized spacial score (nSPS) is 11.1. The van der Waals surface area contributed by atoms with Crippen molar-refractivity contribution in [1.29, 1.82) is 0 Å². The summed E-state index contributed by atoms with van der Waals surface area (Å²) in [7, 11) is 0. The molecule has 0 aromatic heterocycles. The SMILES string of the molecule is Cc1cc(Sc2cc(C)cc(C(C)(C)C)c2O)c(O)c(C(C)(C)C)c1.Cl.Cl.[Ti]. The third-order valence-corrected chi connectivity index (χ3v) is 5.34. The maximum atomic E-state index is 10.8. The average molecular weight is 479 g/mol. The van der Waals surface area contributed by atoms with Gasteiger partial charge in [0.2, 0.25) is 0 Å². The first-order chi connectivity index (χ1) is 11.3. The van der Waals surface area contributed by atoms with Gasteiger partial charge in [0.1, 0.15) is 11.5 Å². The molecule has 0 amide bonds. The molecule has 2 N–H and O–H groups in total. The van der Waals surface area contributed by atoms with Crippen LogP contribution in [0.3, 0.4) is 0 Å². The van der Waals surface area contributed by atoms with E-state index >= 15 is 0 Å². The summed E-state index contributed by atoms with van der Waals surface area (Å²) >= 11 is 1.43. The Balaban J connectivity index is 0. The van der Waals surface area contributed by atoms with Crippen LogP contribution in [0.15, 0.2) is 34.1 Å². The van der Waals surface area contributed by atoms with E-state index in [4.69, 9.17) is 0 Å². The zero-order valence-corrected chi connectivity index (χ0v) is 21.9. The molecule has 0 unspecified atom stereocenters. The quantitative estimate of drug-likeness (QED) is 0.444. The third-order valence-electron chi connectivity index (χ3n) is 4.27. The number of phenols is 2. The molecule has 0 saturated carbocycles. The Labute approximate surface area is 201 Å². The van der Waals surface area contributed by atoms with Crippen LogP contribution in [0.2, 0.25) is 0 Å². The Morgan fingerprint density at radius 2 is 0.929 bits per heavy atom. The van der Waals surface area contributed by atoms with E-state index in [1.54, 1.807) is 0 Å². The molecule has 0 aliphatic rings.